The molecule has 0 aromatic carbocycles. The zero-order chi connectivity index (χ0) is 8.97. The molecule has 3 nitrogen and oxygen atoms in total. The van der Waals surface area contributed by atoms with E-state index in [0.717, 1.165) is 19.4 Å². The maximum Gasteiger partial charge on any atom is 0.0636 e. The molecule has 12 heavy (non-hydrogen) atoms. The van der Waals surface area contributed by atoms with E-state index < -0.39 is 0 Å². The topological polar surface area (TPSA) is 41.5 Å². The first-order valence-corrected chi connectivity index (χ1v) is 4.71. The first kappa shape index (κ1) is 9.96. The van der Waals surface area contributed by atoms with Crippen LogP contribution in [0, 0.1) is 0 Å². The van der Waals surface area contributed by atoms with Crippen molar-refractivity contribution in [1.82, 2.24) is 5.32 Å². The first-order valence-electron chi connectivity index (χ1n) is 4.71. The molecule has 0 aromatic rings. The van der Waals surface area contributed by atoms with Gasteiger partial charge in [0.05, 0.1) is 12.2 Å². The fraction of sp³-hybridized carbons (Fsp3) is 1.00. The number of nitrogens with one attached hydrogen (secondary N) is 1. The van der Waals surface area contributed by atoms with Gasteiger partial charge in [-0.2, -0.15) is 0 Å². The summed E-state index contributed by atoms with van der Waals surface area (Å²) in [6.07, 6.45) is 2.25. The summed E-state index contributed by atoms with van der Waals surface area (Å²) >= 11 is 0. The second kappa shape index (κ2) is 4.80. The van der Waals surface area contributed by atoms with Crippen LogP contribution in [0.5, 0.6) is 0 Å². The standard InChI is InChI=1S/C9H19NO2/c1-7(11)6-10-9-3-4-12-8(2)5-9/h7-11H,3-6H2,1-2H3. The number of ether oxygens (including phenoxy) is 1. The highest BCUT2D eigenvalue weighted by Gasteiger charge is 2.18. The highest BCUT2D eigenvalue weighted by atomic mass is 16.5. The van der Waals surface area contributed by atoms with Crippen molar-refractivity contribution in [3.05, 3.63) is 0 Å². The van der Waals surface area contributed by atoms with Crippen LogP contribution in [0.25, 0.3) is 0 Å². The molecule has 3 heteroatoms. The van der Waals surface area contributed by atoms with Gasteiger partial charge in [0.25, 0.3) is 0 Å². The van der Waals surface area contributed by atoms with Gasteiger partial charge in [-0.15, -0.1) is 0 Å². The Labute approximate surface area is 74.1 Å². The molecule has 1 aliphatic heterocycles. The van der Waals surface area contributed by atoms with E-state index in [1.54, 1.807) is 6.92 Å². The largest absolute Gasteiger partial charge is 0.392 e. The van der Waals surface area contributed by atoms with Gasteiger partial charge in [-0.1, -0.05) is 0 Å². The van der Waals surface area contributed by atoms with Gasteiger partial charge in [0.1, 0.15) is 0 Å². The average molecular weight is 173 g/mol. The lowest BCUT2D eigenvalue weighted by Crippen LogP contribution is -2.40. The molecular weight excluding hydrogens is 154 g/mol. The van der Waals surface area contributed by atoms with Gasteiger partial charge in [0.2, 0.25) is 0 Å². The van der Waals surface area contributed by atoms with Crippen LogP contribution in [0.3, 0.4) is 0 Å². The second-order valence-electron chi connectivity index (χ2n) is 3.66. The van der Waals surface area contributed by atoms with Gasteiger partial charge in [-0.3, -0.25) is 0 Å². The van der Waals surface area contributed by atoms with Crippen molar-refractivity contribution < 1.29 is 9.84 Å². The van der Waals surface area contributed by atoms with Gasteiger partial charge >= 0.3 is 0 Å². The molecule has 72 valence electrons. The van der Waals surface area contributed by atoms with Crippen molar-refractivity contribution in [2.24, 2.45) is 0 Å². The fourth-order valence-corrected chi connectivity index (χ4v) is 1.52. The van der Waals surface area contributed by atoms with Crippen LogP contribution in [0.4, 0.5) is 0 Å². The summed E-state index contributed by atoms with van der Waals surface area (Å²) in [6, 6.07) is 0.531. The first-order chi connectivity index (χ1) is 5.68. The van der Waals surface area contributed by atoms with E-state index >= 15 is 0 Å². The Bertz CT molecular complexity index is 128. The van der Waals surface area contributed by atoms with Crippen LogP contribution in [0.15, 0.2) is 0 Å². The molecule has 0 spiro atoms. The Kier molecular flexibility index (Phi) is 3.98. The Morgan fingerprint density at radius 1 is 1.67 bits per heavy atom. The van der Waals surface area contributed by atoms with E-state index in [0.29, 0.717) is 18.7 Å². The van der Waals surface area contributed by atoms with Crippen LogP contribution in [0.1, 0.15) is 26.7 Å². The van der Waals surface area contributed by atoms with Gasteiger partial charge in [-0.05, 0) is 26.7 Å². The maximum absolute atomic E-state index is 9.06. The van der Waals surface area contributed by atoms with Crippen molar-refractivity contribution in [2.45, 2.75) is 44.9 Å². The molecule has 2 N–H and O–H groups in total. The number of rotatable bonds is 3. The zero-order valence-corrected chi connectivity index (χ0v) is 7.92. The molecule has 1 aliphatic rings. The van der Waals surface area contributed by atoms with E-state index in [2.05, 4.69) is 12.2 Å². The molecule has 0 amide bonds. The number of hydrogen-bond donors (Lipinski definition) is 2. The van der Waals surface area contributed by atoms with Gasteiger partial charge < -0.3 is 15.2 Å². The van der Waals surface area contributed by atoms with Crippen molar-refractivity contribution in [1.29, 1.82) is 0 Å². The quantitative estimate of drug-likeness (QED) is 0.654. The molecule has 0 radical (unpaired) electrons. The van der Waals surface area contributed by atoms with Gasteiger partial charge in [-0.25, -0.2) is 0 Å². The lowest BCUT2D eigenvalue weighted by molar-refractivity contribution is 0.0114. The van der Waals surface area contributed by atoms with Crippen molar-refractivity contribution >= 4 is 0 Å². The SMILES string of the molecule is CC(O)CNC1CCOC(C)C1. The Hall–Kier alpha value is -0.120. The number of aliphatic hydroxyl groups is 1. The lowest BCUT2D eigenvalue weighted by Gasteiger charge is -2.28. The van der Waals surface area contributed by atoms with Gasteiger partial charge in [0.15, 0.2) is 0 Å². The molecule has 0 bridgehead atoms. The molecule has 0 saturated carbocycles. The maximum atomic E-state index is 9.06. The van der Waals surface area contributed by atoms with Gasteiger partial charge in [0, 0.05) is 19.2 Å². The highest BCUT2D eigenvalue weighted by molar-refractivity contribution is 4.74. The third-order valence-electron chi connectivity index (χ3n) is 2.19. The number of hydrogen-bond acceptors (Lipinski definition) is 3. The monoisotopic (exact) mass is 173 g/mol. The predicted molar refractivity (Wildman–Crippen MR) is 48.1 cm³/mol. The molecule has 0 aliphatic carbocycles. The van der Waals surface area contributed by atoms with Crippen molar-refractivity contribution in [3.63, 3.8) is 0 Å². The molecule has 1 rings (SSSR count). The molecule has 0 aromatic heterocycles. The van der Waals surface area contributed by atoms with Crippen LogP contribution in [-0.2, 0) is 4.74 Å². The average Bonchev–Trinajstić information content (AvgIpc) is 2.01. The van der Waals surface area contributed by atoms with E-state index in [1.165, 1.54) is 0 Å². The summed E-state index contributed by atoms with van der Waals surface area (Å²) in [5.41, 5.74) is 0. The second-order valence-corrected chi connectivity index (χ2v) is 3.66. The molecule has 1 fully saturated rings. The highest BCUT2D eigenvalue weighted by Crippen LogP contribution is 2.12. The summed E-state index contributed by atoms with van der Waals surface area (Å²) < 4.78 is 5.41. The lowest BCUT2D eigenvalue weighted by atomic mass is 10.0. The third-order valence-corrected chi connectivity index (χ3v) is 2.19. The fourth-order valence-electron chi connectivity index (χ4n) is 1.52. The van der Waals surface area contributed by atoms with Crippen LogP contribution >= 0.6 is 0 Å². The smallest absolute Gasteiger partial charge is 0.0636 e. The molecule has 3 unspecified atom stereocenters. The Balaban J connectivity index is 2.14. The summed E-state index contributed by atoms with van der Waals surface area (Å²) in [4.78, 5) is 0. The van der Waals surface area contributed by atoms with E-state index in [-0.39, 0.29) is 6.10 Å². The summed E-state index contributed by atoms with van der Waals surface area (Å²) in [5.74, 6) is 0. The third kappa shape index (κ3) is 3.52. The summed E-state index contributed by atoms with van der Waals surface area (Å²) in [7, 11) is 0. The molecule has 3 atom stereocenters. The van der Waals surface area contributed by atoms with Crippen LogP contribution in [-0.4, -0.2) is 36.5 Å². The minimum Gasteiger partial charge on any atom is -0.392 e. The van der Waals surface area contributed by atoms with Crippen molar-refractivity contribution in [3.8, 4) is 0 Å². The Morgan fingerprint density at radius 2 is 2.42 bits per heavy atom. The van der Waals surface area contributed by atoms with Crippen molar-refractivity contribution in [2.75, 3.05) is 13.2 Å². The van der Waals surface area contributed by atoms with E-state index in [4.69, 9.17) is 9.84 Å². The Morgan fingerprint density at radius 3 is 3.00 bits per heavy atom. The number of aliphatic hydroxyl groups excluding tert-OH is 1. The molecule has 1 heterocycles. The summed E-state index contributed by atoms with van der Waals surface area (Å²) in [5, 5.41) is 12.4. The van der Waals surface area contributed by atoms with E-state index in [1.807, 2.05) is 0 Å². The normalized spacial score (nSPS) is 33.2. The molecule has 1 saturated heterocycles. The molecular formula is C9H19NO2. The van der Waals surface area contributed by atoms with E-state index in [9.17, 15) is 0 Å². The van der Waals surface area contributed by atoms with Crippen LogP contribution in [0.2, 0.25) is 0 Å². The minimum atomic E-state index is -0.247. The van der Waals surface area contributed by atoms with Crippen LogP contribution < -0.4 is 5.32 Å². The minimum absolute atomic E-state index is 0.247. The zero-order valence-electron chi connectivity index (χ0n) is 7.92. The predicted octanol–water partition coefficient (Wildman–Crippen LogP) is 0.524. The summed E-state index contributed by atoms with van der Waals surface area (Å²) in [6.45, 7) is 5.43.